The molecule has 0 aliphatic rings. The highest BCUT2D eigenvalue weighted by atomic mass is 16.5. The summed E-state index contributed by atoms with van der Waals surface area (Å²) in [5.74, 6) is -0.566. The predicted octanol–water partition coefficient (Wildman–Crippen LogP) is -0.710. The molecule has 0 aromatic heterocycles. The number of methoxy groups -OCH3 is 1. The van der Waals surface area contributed by atoms with Gasteiger partial charge in [0.05, 0.1) is 44.5 Å². The number of amides is 1. The maximum absolute atomic E-state index is 12.0. The second-order valence-corrected chi connectivity index (χ2v) is 5.43. The van der Waals surface area contributed by atoms with Crippen molar-refractivity contribution in [2.24, 2.45) is 0 Å². The molecule has 0 fully saturated rings. The summed E-state index contributed by atoms with van der Waals surface area (Å²) in [5, 5.41) is 4.77. The lowest BCUT2D eigenvalue weighted by molar-refractivity contribution is -0.898. The Hall–Kier alpha value is -1.92. The smallest absolute Gasteiger partial charge is 0.339 e. The van der Waals surface area contributed by atoms with E-state index in [2.05, 4.69) is 19.2 Å². The number of hydrogen-bond acceptors (Lipinski definition) is 3. The summed E-state index contributed by atoms with van der Waals surface area (Å²) >= 11 is 0. The number of nitrogens with one attached hydrogen (secondary N) is 2. The topological polar surface area (TPSA) is 76.5 Å². The summed E-state index contributed by atoms with van der Waals surface area (Å²) in [4.78, 5) is 25.2. The first-order valence-corrected chi connectivity index (χ1v) is 8.24. The Morgan fingerprint density at radius 1 is 1.22 bits per heavy atom. The molecule has 23 heavy (non-hydrogen) atoms. The molecule has 1 rings (SSSR count). The highest BCUT2D eigenvalue weighted by Crippen LogP contribution is 2.15. The summed E-state index contributed by atoms with van der Waals surface area (Å²) in [6.07, 6.45) is 1.09. The van der Waals surface area contributed by atoms with Crippen molar-refractivity contribution in [3.8, 4) is 0 Å². The van der Waals surface area contributed by atoms with Crippen LogP contribution in [0.2, 0.25) is 0 Å². The highest BCUT2D eigenvalue weighted by Gasteiger charge is 2.13. The fraction of sp³-hybridized carbons (Fsp3) is 0.529. The van der Waals surface area contributed by atoms with Crippen molar-refractivity contribution in [2.75, 3.05) is 45.2 Å². The van der Waals surface area contributed by atoms with Crippen LogP contribution in [-0.2, 0) is 9.53 Å². The predicted molar refractivity (Wildman–Crippen MR) is 89.6 cm³/mol. The number of esters is 1. The van der Waals surface area contributed by atoms with E-state index in [9.17, 15) is 9.59 Å². The van der Waals surface area contributed by atoms with Gasteiger partial charge < -0.3 is 20.3 Å². The number of rotatable bonds is 10. The first-order chi connectivity index (χ1) is 11.1. The average molecular weight is 323 g/mol. The van der Waals surface area contributed by atoms with E-state index in [0.717, 1.165) is 32.6 Å². The number of benzene rings is 1. The zero-order valence-electron chi connectivity index (χ0n) is 14.4. The molecule has 0 heterocycles. The molecule has 0 atom stereocenters. The molecule has 1 aromatic rings. The van der Waals surface area contributed by atoms with Gasteiger partial charge in [-0.2, -0.15) is 0 Å². The SMILES string of the molecule is CC[NH+](CC)CCC[NH2+]CC(=O)Nc1ccccc1C(=O)OC. The maximum Gasteiger partial charge on any atom is 0.339 e. The van der Waals surface area contributed by atoms with Crippen LogP contribution in [0, 0.1) is 0 Å². The zero-order valence-corrected chi connectivity index (χ0v) is 14.4. The van der Waals surface area contributed by atoms with Crippen molar-refractivity contribution in [1.82, 2.24) is 0 Å². The first kappa shape index (κ1) is 19.1. The molecular weight excluding hydrogens is 294 g/mol. The standard InChI is InChI=1S/C17H27N3O3/c1-4-20(5-2)12-8-11-18-13-16(21)19-15-10-7-6-9-14(15)17(22)23-3/h6-7,9-10,18H,4-5,8,11-13H2,1-3H3,(H,19,21)/p+2. The molecule has 0 saturated heterocycles. The Morgan fingerprint density at radius 3 is 2.57 bits per heavy atom. The van der Waals surface area contributed by atoms with E-state index in [1.54, 1.807) is 29.2 Å². The number of quaternary nitrogens is 2. The van der Waals surface area contributed by atoms with E-state index >= 15 is 0 Å². The summed E-state index contributed by atoms with van der Waals surface area (Å²) in [6, 6.07) is 6.86. The highest BCUT2D eigenvalue weighted by molar-refractivity contribution is 6.01. The molecule has 0 saturated carbocycles. The minimum Gasteiger partial charge on any atom is -0.465 e. The normalized spacial score (nSPS) is 10.6. The monoisotopic (exact) mass is 323 g/mol. The van der Waals surface area contributed by atoms with Crippen LogP contribution < -0.4 is 15.5 Å². The van der Waals surface area contributed by atoms with Gasteiger partial charge in [0.25, 0.3) is 5.91 Å². The third-order valence-electron chi connectivity index (χ3n) is 3.87. The molecule has 0 aliphatic heterocycles. The van der Waals surface area contributed by atoms with Crippen molar-refractivity contribution in [3.05, 3.63) is 29.8 Å². The van der Waals surface area contributed by atoms with Gasteiger partial charge in [-0.1, -0.05) is 12.1 Å². The molecular formula is C17H29N3O3+2. The van der Waals surface area contributed by atoms with Crippen LogP contribution in [0.5, 0.6) is 0 Å². The van der Waals surface area contributed by atoms with Gasteiger partial charge in [0, 0.05) is 6.42 Å². The third-order valence-corrected chi connectivity index (χ3v) is 3.87. The lowest BCUT2D eigenvalue weighted by Gasteiger charge is -2.14. The quantitative estimate of drug-likeness (QED) is 0.393. The summed E-state index contributed by atoms with van der Waals surface area (Å²) < 4.78 is 4.71. The van der Waals surface area contributed by atoms with Crippen LogP contribution in [0.3, 0.4) is 0 Å². The number of hydrogen-bond donors (Lipinski definition) is 3. The van der Waals surface area contributed by atoms with Crippen LogP contribution in [0.25, 0.3) is 0 Å². The summed E-state index contributed by atoms with van der Waals surface area (Å²) in [6.45, 7) is 9.07. The number of carbonyl (C=O) groups excluding carboxylic acids is 2. The number of anilines is 1. The second kappa shape index (κ2) is 10.7. The van der Waals surface area contributed by atoms with Gasteiger partial charge in [0.1, 0.15) is 0 Å². The molecule has 0 spiro atoms. The number of ether oxygens (including phenoxy) is 1. The maximum atomic E-state index is 12.0. The molecule has 1 aromatic carbocycles. The van der Waals surface area contributed by atoms with E-state index in [1.165, 1.54) is 7.11 Å². The Balaban J connectivity index is 2.36. The summed E-state index contributed by atoms with van der Waals surface area (Å²) in [5.41, 5.74) is 0.860. The molecule has 0 bridgehead atoms. The Kier molecular flexibility index (Phi) is 8.94. The Labute approximate surface area is 138 Å². The molecule has 1 amide bonds. The van der Waals surface area contributed by atoms with Crippen LogP contribution >= 0.6 is 0 Å². The Bertz CT molecular complexity index is 502. The minimum absolute atomic E-state index is 0.114. The van der Waals surface area contributed by atoms with Gasteiger partial charge in [0.2, 0.25) is 0 Å². The van der Waals surface area contributed by atoms with Crippen LogP contribution in [0.1, 0.15) is 30.6 Å². The van der Waals surface area contributed by atoms with E-state index in [4.69, 9.17) is 4.74 Å². The molecule has 0 radical (unpaired) electrons. The van der Waals surface area contributed by atoms with Crippen molar-refractivity contribution in [2.45, 2.75) is 20.3 Å². The third kappa shape index (κ3) is 6.80. The van der Waals surface area contributed by atoms with E-state index < -0.39 is 5.97 Å². The van der Waals surface area contributed by atoms with Crippen LogP contribution in [0.15, 0.2) is 24.3 Å². The molecule has 0 unspecified atom stereocenters. The lowest BCUT2D eigenvalue weighted by atomic mass is 10.2. The van der Waals surface area contributed by atoms with Gasteiger partial charge in [-0.05, 0) is 26.0 Å². The fourth-order valence-electron chi connectivity index (χ4n) is 2.41. The molecule has 0 aliphatic carbocycles. The number of para-hydroxylation sites is 1. The second-order valence-electron chi connectivity index (χ2n) is 5.43. The van der Waals surface area contributed by atoms with Crippen LogP contribution in [-0.4, -0.2) is 51.7 Å². The molecule has 128 valence electrons. The average Bonchev–Trinajstić information content (AvgIpc) is 2.58. The van der Waals surface area contributed by atoms with E-state index in [1.807, 2.05) is 5.32 Å². The van der Waals surface area contributed by atoms with E-state index in [0.29, 0.717) is 17.8 Å². The van der Waals surface area contributed by atoms with Gasteiger partial charge in [-0.3, -0.25) is 4.79 Å². The molecule has 4 N–H and O–H groups in total. The number of nitrogens with two attached hydrogens (primary N) is 1. The van der Waals surface area contributed by atoms with Crippen LogP contribution in [0.4, 0.5) is 5.69 Å². The van der Waals surface area contributed by atoms with Gasteiger partial charge in [-0.15, -0.1) is 0 Å². The number of carbonyl (C=O) groups is 2. The molecule has 6 nitrogen and oxygen atoms in total. The Morgan fingerprint density at radius 2 is 1.91 bits per heavy atom. The largest absolute Gasteiger partial charge is 0.465 e. The fourth-order valence-corrected chi connectivity index (χ4v) is 2.41. The van der Waals surface area contributed by atoms with Gasteiger partial charge in [-0.25, -0.2) is 4.79 Å². The lowest BCUT2D eigenvalue weighted by Crippen LogP contribution is -3.11. The minimum atomic E-state index is -0.452. The van der Waals surface area contributed by atoms with Crippen molar-refractivity contribution < 1.29 is 24.5 Å². The molecule has 6 heteroatoms. The first-order valence-electron chi connectivity index (χ1n) is 8.24. The van der Waals surface area contributed by atoms with Crippen molar-refractivity contribution in [3.63, 3.8) is 0 Å². The van der Waals surface area contributed by atoms with Gasteiger partial charge in [0.15, 0.2) is 6.54 Å². The zero-order chi connectivity index (χ0) is 17.1. The van der Waals surface area contributed by atoms with Crippen molar-refractivity contribution in [1.29, 1.82) is 0 Å². The van der Waals surface area contributed by atoms with E-state index in [-0.39, 0.29) is 5.91 Å². The van der Waals surface area contributed by atoms with Crippen molar-refractivity contribution >= 4 is 17.6 Å². The summed E-state index contributed by atoms with van der Waals surface area (Å²) in [7, 11) is 1.33. The van der Waals surface area contributed by atoms with Gasteiger partial charge >= 0.3 is 5.97 Å².